The molecule has 0 fully saturated rings. The van der Waals surface area contributed by atoms with Crippen molar-refractivity contribution in [3.8, 4) is 22.6 Å². The number of hydrogen-bond acceptors (Lipinski definition) is 6. The molecule has 0 bridgehead atoms. The van der Waals surface area contributed by atoms with Crippen LogP contribution in [0.4, 0.5) is 11.5 Å². The first-order valence-corrected chi connectivity index (χ1v) is 9.68. The summed E-state index contributed by atoms with van der Waals surface area (Å²) in [6.07, 6.45) is 3.64. The molecule has 0 saturated heterocycles. The van der Waals surface area contributed by atoms with Gasteiger partial charge in [0.1, 0.15) is 11.5 Å². The van der Waals surface area contributed by atoms with Gasteiger partial charge in [-0.25, -0.2) is 4.98 Å². The number of methoxy groups -OCH3 is 2. The molecule has 2 heterocycles. The van der Waals surface area contributed by atoms with Crippen LogP contribution in [0.1, 0.15) is 11.3 Å². The van der Waals surface area contributed by atoms with Crippen LogP contribution in [0.25, 0.3) is 16.6 Å². The van der Waals surface area contributed by atoms with E-state index >= 15 is 0 Å². The minimum absolute atomic E-state index is 0.0719. The molecule has 1 N–H and O–H groups in total. The normalized spacial score (nSPS) is 10.8. The van der Waals surface area contributed by atoms with Crippen molar-refractivity contribution < 1.29 is 14.4 Å². The molecular formula is C23H22N4O4. The zero-order valence-electron chi connectivity index (χ0n) is 17.5. The lowest BCUT2D eigenvalue weighted by molar-refractivity contribution is -0.384. The third kappa shape index (κ3) is 3.87. The number of nitrogens with zero attached hydrogens (tertiary/aromatic N) is 3. The summed E-state index contributed by atoms with van der Waals surface area (Å²) in [5.74, 6) is 2.20. The van der Waals surface area contributed by atoms with Gasteiger partial charge in [0, 0.05) is 54.0 Å². The third-order valence-corrected chi connectivity index (χ3v) is 5.28. The molecule has 0 amide bonds. The second kappa shape index (κ2) is 8.35. The monoisotopic (exact) mass is 418 g/mol. The van der Waals surface area contributed by atoms with Crippen molar-refractivity contribution in [3.63, 3.8) is 0 Å². The average Bonchev–Trinajstić information content (AvgIpc) is 3.14. The number of hydrogen-bond donors (Lipinski definition) is 1. The molecule has 2 aromatic carbocycles. The number of fused-ring (bicyclic) bond motifs is 1. The van der Waals surface area contributed by atoms with Gasteiger partial charge in [-0.3, -0.25) is 10.1 Å². The number of non-ortho nitro benzene ring substituents is 1. The highest BCUT2D eigenvalue weighted by Crippen LogP contribution is 2.31. The van der Waals surface area contributed by atoms with E-state index in [2.05, 4.69) is 14.7 Å². The second-order valence-electron chi connectivity index (χ2n) is 7.01. The lowest BCUT2D eigenvalue weighted by Crippen LogP contribution is -2.05. The van der Waals surface area contributed by atoms with Crippen LogP contribution in [-0.4, -0.2) is 28.5 Å². The van der Waals surface area contributed by atoms with Crippen LogP contribution < -0.4 is 14.8 Å². The molecule has 0 unspecified atom stereocenters. The number of rotatable bonds is 7. The number of nitrogens with one attached hydrogen (secondary N) is 1. The fourth-order valence-corrected chi connectivity index (χ4v) is 3.60. The van der Waals surface area contributed by atoms with E-state index in [4.69, 9.17) is 9.47 Å². The zero-order valence-corrected chi connectivity index (χ0v) is 17.5. The number of benzene rings is 2. The lowest BCUT2D eigenvalue weighted by atomic mass is 10.1. The van der Waals surface area contributed by atoms with E-state index in [-0.39, 0.29) is 5.69 Å². The van der Waals surface area contributed by atoms with Gasteiger partial charge in [-0.1, -0.05) is 0 Å². The number of nitro benzene ring substituents is 1. The van der Waals surface area contributed by atoms with E-state index < -0.39 is 4.92 Å². The van der Waals surface area contributed by atoms with E-state index in [0.29, 0.717) is 6.54 Å². The van der Waals surface area contributed by atoms with E-state index in [0.717, 1.165) is 45.2 Å². The van der Waals surface area contributed by atoms with Gasteiger partial charge in [-0.2, -0.15) is 0 Å². The summed E-state index contributed by atoms with van der Waals surface area (Å²) in [5, 5.41) is 14.3. The van der Waals surface area contributed by atoms with Gasteiger partial charge < -0.3 is 19.2 Å². The van der Waals surface area contributed by atoms with Gasteiger partial charge in [-0.05, 0) is 42.8 Å². The highest BCUT2D eigenvalue weighted by atomic mass is 16.6. The second-order valence-corrected chi connectivity index (χ2v) is 7.01. The number of nitro groups is 1. The summed E-state index contributed by atoms with van der Waals surface area (Å²) in [5.41, 5.74) is 4.90. The van der Waals surface area contributed by atoms with Gasteiger partial charge >= 0.3 is 0 Å². The molecule has 2 aromatic heterocycles. The Balaban J connectivity index is 1.66. The van der Waals surface area contributed by atoms with Crippen molar-refractivity contribution in [1.29, 1.82) is 0 Å². The Labute approximate surface area is 179 Å². The summed E-state index contributed by atoms with van der Waals surface area (Å²) >= 11 is 0. The Morgan fingerprint density at radius 3 is 2.55 bits per heavy atom. The summed E-state index contributed by atoms with van der Waals surface area (Å²) in [4.78, 5) is 15.1. The van der Waals surface area contributed by atoms with Crippen molar-refractivity contribution in [2.45, 2.75) is 13.5 Å². The van der Waals surface area contributed by atoms with Crippen molar-refractivity contribution in [2.24, 2.45) is 0 Å². The van der Waals surface area contributed by atoms with Gasteiger partial charge in [0.25, 0.3) is 5.69 Å². The maximum Gasteiger partial charge on any atom is 0.269 e. The first-order valence-electron chi connectivity index (χ1n) is 9.68. The molecule has 8 nitrogen and oxygen atoms in total. The van der Waals surface area contributed by atoms with Crippen LogP contribution >= 0.6 is 0 Å². The van der Waals surface area contributed by atoms with Crippen LogP contribution in [-0.2, 0) is 6.54 Å². The van der Waals surface area contributed by atoms with Crippen LogP contribution in [0.5, 0.6) is 11.5 Å². The molecule has 8 heteroatoms. The topological polar surface area (TPSA) is 90.9 Å². The van der Waals surface area contributed by atoms with Crippen molar-refractivity contribution in [2.75, 3.05) is 19.5 Å². The van der Waals surface area contributed by atoms with Crippen molar-refractivity contribution in [1.82, 2.24) is 9.38 Å². The molecule has 0 spiro atoms. The Morgan fingerprint density at radius 1 is 1.10 bits per heavy atom. The maximum atomic E-state index is 10.9. The van der Waals surface area contributed by atoms with Gasteiger partial charge in [0.15, 0.2) is 5.82 Å². The largest absolute Gasteiger partial charge is 0.497 e. The van der Waals surface area contributed by atoms with Gasteiger partial charge in [-0.15, -0.1) is 0 Å². The summed E-state index contributed by atoms with van der Waals surface area (Å²) in [7, 11) is 3.25. The van der Waals surface area contributed by atoms with E-state index in [9.17, 15) is 10.1 Å². The molecule has 31 heavy (non-hydrogen) atoms. The number of ether oxygens (including phenoxy) is 2. The van der Waals surface area contributed by atoms with E-state index in [1.165, 1.54) is 12.1 Å². The Bertz CT molecular complexity index is 1250. The molecule has 4 rings (SSSR count). The van der Waals surface area contributed by atoms with Crippen LogP contribution in [0.3, 0.4) is 0 Å². The van der Waals surface area contributed by atoms with E-state index in [1.807, 2.05) is 37.4 Å². The molecule has 158 valence electrons. The van der Waals surface area contributed by atoms with Gasteiger partial charge in [0.2, 0.25) is 0 Å². The third-order valence-electron chi connectivity index (χ3n) is 5.28. The quantitative estimate of drug-likeness (QED) is 0.341. The minimum atomic E-state index is -0.397. The molecule has 0 aliphatic rings. The Morgan fingerprint density at radius 2 is 1.87 bits per heavy atom. The van der Waals surface area contributed by atoms with Crippen LogP contribution in [0.2, 0.25) is 0 Å². The zero-order chi connectivity index (χ0) is 22.0. The first kappa shape index (κ1) is 20.2. The lowest BCUT2D eigenvalue weighted by Gasteiger charge is -2.12. The molecule has 0 aliphatic heterocycles. The Kier molecular flexibility index (Phi) is 5.44. The molecule has 0 aliphatic carbocycles. The smallest absolute Gasteiger partial charge is 0.269 e. The molecule has 0 atom stereocenters. The van der Waals surface area contributed by atoms with E-state index in [1.54, 1.807) is 32.5 Å². The van der Waals surface area contributed by atoms with Crippen LogP contribution in [0.15, 0.2) is 60.9 Å². The first-order chi connectivity index (χ1) is 15.0. The molecule has 4 aromatic rings. The molecule has 0 radical (unpaired) electrons. The average molecular weight is 418 g/mol. The predicted molar refractivity (Wildman–Crippen MR) is 119 cm³/mol. The number of aromatic nitrogens is 2. The Hall–Kier alpha value is -4.07. The number of anilines is 1. The van der Waals surface area contributed by atoms with Crippen molar-refractivity contribution in [3.05, 3.63) is 82.3 Å². The predicted octanol–water partition coefficient (Wildman–Crippen LogP) is 4.85. The highest BCUT2D eigenvalue weighted by Gasteiger charge is 2.14. The highest BCUT2D eigenvalue weighted by molar-refractivity contribution is 5.80. The maximum absolute atomic E-state index is 10.9. The van der Waals surface area contributed by atoms with Crippen molar-refractivity contribution >= 4 is 17.0 Å². The fourth-order valence-electron chi connectivity index (χ4n) is 3.60. The molecule has 0 saturated carbocycles. The minimum Gasteiger partial charge on any atom is -0.497 e. The van der Waals surface area contributed by atoms with Gasteiger partial charge in [0.05, 0.1) is 24.7 Å². The fraction of sp³-hybridized carbons (Fsp3) is 0.174. The summed E-state index contributed by atoms with van der Waals surface area (Å²) in [6, 6.07) is 14.3. The number of aryl methyl sites for hydroxylation is 1. The SMILES string of the molecule is COc1ccc(CNc2nccn3c(C)c(-c4ccc([N+](=O)[O-])cc4)cc23)c(OC)c1. The molecular weight excluding hydrogens is 396 g/mol. The summed E-state index contributed by atoms with van der Waals surface area (Å²) < 4.78 is 12.8. The standard InChI is InChI=1S/C23H22N4O4/c1-15-20(16-4-7-18(8-5-16)27(28)29)13-21-23(24-10-11-26(15)21)25-14-17-6-9-19(30-2)12-22(17)31-3/h4-13H,14H2,1-3H3,(H,24,25). The summed E-state index contributed by atoms with van der Waals surface area (Å²) in [6.45, 7) is 2.54. The van der Waals surface area contributed by atoms with Crippen LogP contribution in [0, 0.1) is 17.0 Å².